The molecule has 2 N–H and O–H groups in total. The Morgan fingerprint density at radius 2 is 2.00 bits per heavy atom. The van der Waals surface area contributed by atoms with Gasteiger partial charge in [-0.1, -0.05) is 5.16 Å². The van der Waals surface area contributed by atoms with Gasteiger partial charge < -0.3 is 15.0 Å². The number of aromatic nitrogens is 4. The summed E-state index contributed by atoms with van der Waals surface area (Å²) in [6.45, 7) is 0. The van der Waals surface area contributed by atoms with E-state index in [0.29, 0.717) is 5.82 Å². The summed E-state index contributed by atoms with van der Waals surface area (Å²) in [5.74, 6) is 0.857. The van der Waals surface area contributed by atoms with Crippen molar-refractivity contribution in [2.75, 3.05) is 12.8 Å². The predicted octanol–water partition coefficient (Wildman–Crippen LogP) is 1.12. The predicted molar refractivity (Wildman–Crippen MR) is 59.2 cm³/mol. The van der Waals surface area contributed by atoms with Crippen molar-refractivity contribution >= 4 is 5.82 Å². The highest BCUT2D eigenvalue weighted by Crippen LogP contribution is 2.40. The SMILES string of the molecule is COC1(c2noc(-c3nonc3N)n2)CCCC1. The Morgan fingerprint density at radius 3 is 2.61 bits per heavy atom. The first-order valence-electron chi connectivity index (χ1n) is 5.73. The second-order valence-electron chi connectivity index (χ2n) is 4.33. The van der Waals surface area contributed by atoms with Gasteiger partial charge in [-0.05, 0) is 36.0 Å². The van der Waals surface area contributed by atoms with Gasteiger partial charge in [0.25, 0.3) is 5.89 Å². The number of hydrogen-bond donors (Lipinski definition) is 1. The smallest absolute Gasteiger partial charge is 0.284 e. The largest absolute Gasteiger partial charge is 0.379 e. The van der Waals surface area contributed by atoms with Crippen molar-refractivity contribution < 1.29 is 13.9 Å². The molecule has 0 saturated heterocycles. The van der Waals surface area contributed by atoms with E-state index < -0.39 is 5.60 Å². The lowest BCUT2D eigenvalue weighted by atomic mass is 10.0. The summed E-state index contributed by atoms with van der Waals surface area (Å²) < 4.78 is 15.2. The molecule has 0 radical (unpaired) electrons. The average Bonchev–Trinajstić information content (AvgIpc) is 3.08. The number of anilines is 1. The van der Waals surface area contributed by atoms with Crippen molar-refractivity contribution in [3.63, 3.8) is 0 Å². The van der Waals surface area contributed by atoms with E-state index in [4.69, 9.17) is 15.0 Å². The Balaban J connectivity index is 1.96. The van der Waals surface area contributed by atoms with Crippen LogP contribution in [0, 0.1) is 0 Å². The Bertz CT molecular complexity index is 543. The van der Waals surface area contributed by atoms with Gasteiger partial charge >= 0.3 is 0 Å². The zero-order chi connectivity index (χ0) is 12.6. The van der Waals surface area contributed by atoms with Gasteiger partial charge in [-0.3, -0.25) is 0 Å². The minimum atomic E-state index is -0.451. The molecule has 1 fully saturated rings. The minimum Gasteiger partial charge on any atom is -0.379 e. The average molecular weight is 251 g/mol. The molecule has 0 aromatic carbocycles. The quantitative estimate of drug-likeness (QED) is 0.863. The van der Waals surface area contributed by atoms with E-state index in [-0.39, 0.29) is 17.4 Å². The number of nitrogens with zero attached hydrogens (tertiary/aromatic N) is 4. The van der Waals surface area contributed by atoms with E-state index in [0.717, 1.165) is 25.7 Å². The van der Waals surface area contributed by atoms with Crippen LogP contribution in [-0.4, -0.2) is 27.6 Å². The number of nitrogens with two attached hydrogens (primary N) is 1. The van der Waals surface area contributed by atoms with Crippen LogP contribution < -0.4 is 5.73 Å². The summed E-state index contributed by atoms with van der Waals surface area (Å²) in [7, 11) is 1.66. The first kappa shape index (κ1) is 11.1. The van der Waals surface area contributed by atoms with Gasteiger partial charge in [-0.2, -0.15) is 4.98 Å². The highest BCUT2D eigenvalue weighted by Gasteiger charge is 2.40. The molecule has 1 aliphatic rings. The van der Waals surface area contributed by atoms with Gasteiger partial charge in [-0.15, -0.1) is 0 Å². The molecule has 3 rings (SSSR count). The summed E-state index contributed by atoms with van der Waals surface area (Å²) in [5.41, 5.74) is 5.39. The molecule has 1 saturated carbocycles. The van der Waals surface area contributed by atoms with Gasteiger partial charge in [0.05, 0.1) is 0 Å². The maximum absolute atomic E-state index is 5.57. The van der Waals surface area contributed by atoms with E-state index in [1.54, 1.807) is 7.11 Å². The zero-order valence-electron chi connectivity index (χ0n) is 9.92. The number of methoxy groups -OCH3 is 1. The molecule has 0 unspecified atom stereocenters. The Morgan fingerprint density at radius 1 is 1.22 bits per heavy atom. The third kappa shape index (κ3) is 1.57. The summed E-state index contributed by atoms with van der Waals surface area (Å²) >= 11 is 0. The van der Waals surface area contributed by atoms with Crippen LogP contribution in [0.5, 0.6) is 0 Å². The third-order valence-corrected chi connectivity index (χ3v) is 3.35. The summed E-state index contributed by atoms with van der Waals surface area (Å²) in [6.07, 6.45) is 3.95. The molecule has 2 heterocycles. The molecular weight excluding hydrogens is 238 g/mol. The molecular formula is C10H13N5O3. The van der Waals surface area contributed by atoms with E-state index in [1.807, 2.05) is 0 Å². The molecule has 0 amide bonds. The van der Waals surface area contributed by atoms with Crippen LogP contribution in [-0.2, 0) is 10.3 Å². The van der Waals surface area contributed by atoms with Crippen molar-refractivity contribution in [3.8, 4) is 11.6 Å². The van der Waals surface area contributed by atoms with Crippen molar-refractivity contribution in [2.24, 2.45) is 0 Å². The van der Waals surface area contributed by atoms with Crippen molar-refractivity contribution in [3.05, 3.63) is 5.82 Å². The van der Waals surface area contributed by atoms with Crippen LogP contribution >= 0.6 is 0 Å². The molecule has 96 valence electrons. The highest BCUT2D eigenvalue weighted by molar-refractivity contribution is 5.60. The van der Waals surface area contributed by atoms with E-state index in [1.165, 1.54) is 0 Å². The normalized spacial score (nSPS) is 18.3. The second kappa shape index (κ2) is 4.05. The first-order chi connectivity index (χ1) is 8.75. The van der Waals surface area contributed by atoms with Gasteiger partial charge in [0, 0.05) is 7.11 Å². The summed E-state index contributed by atoms with van der Waals surface area (Å²) in [4.78, 5) is 4.29. The molecule has 1 aliphatic carbocycles. The van der Waals surface area contributed by atoms with Gasteiger partial charge in [0.1, 0.15) is 5.60 Å². The Labute approximate surface area is 102 Å². The monoisotopic (exact) mass is 251 g/mol. The van der Waals surface area contributed by atoms with E-state index in [2.05, 4.69) is 25.1 Å². The molecule has 0 spiro atoms. The van der Waals surface area contributed by atoms with Crippen molar-refractivity contribution in [1.29, 1.82) is 0 Å². The lowest BCUT2D eigenvalue weighted by Crippen LogP contribution is -2.25. The fourth-order valence-corrected chi connectivity index (χ4v) is 2.31. The Kier molecular flexibility index (Phi) is 2.51. The van der Waals surface area contributed by atoms with Crippen LogP contribution in [0.2, 0.25) is 0 Å². The van der Waals surface area contributed by atoms with Crippen molar-refractivity contribution in [2.45, 2.75) is 31.3 Å². The lowest BCUT2D eigenvalue weighted by molar-refractivity contribution is -0.0178. The van der Waals surface area contributed by atoms with Crippen LogP contribution in [0.1, 0.15) is 31.5 Å². The number of rotatable bonds is 3. The molecule has 0 atom stereocenters. The standard InChI is InChI=1S/C10H13N5O3/c1-16-10(4-2-3-5-10)9-12-8(17-15-9)6-7(11)14-18-13-6/h2-5H2,1H3,(H2,11,14). The van der Waals surface area contributed by atoms with Crippen LogP contribution in [0.4, 0.5) is 5.82 Å². The number of hydrogen-bond acceptors (Lipinski definition) is 8. The van der Waals surface area contributed by atoms with Crippen molar-refractivity contribution in [1.82, 2.24) is 20.5 Å². The lowest BCUT2D eigenvalue weighted by Gasteiger charge is -2.22. The fourth-order valence-electron chi connectivity index (χ4n) is 2.31. The van der Waals surface area contributed by atoms with E-state index in [9.17, 15) is 0 Å². The topological polar surface area (TPSA) is 113 Å². The third-order valence-electron chi connectivity index (χ3n) is 3.35. The Hall–Kier alpha value is -1.96. The summed E-state index contributed by atoms with van der Waals surface area (Å²) in [6, 6.07) is 0. The number of ether oxygens (including phenoxy) is 1. The summed E-state index contributed by atoms with van der Waals surface area (Å²) in [5, 5.41) is 11.1. The maximum Gasteiger partial charge on any atom is 0.284 e. The fraction of sp³-hybridized carbons (Fsp3) is 0.600. The molecule has 0 bridgehead atoms. The highest BCUT2D eigenvalue weighted by atomic mass is 16.6. The molecule has 18 heavy (non-hydrogen) atoms. The first-order valence-corrected chi connectivity index (χ1v) is 5.73. The molecule has 8 heteroatoms. The maximum atomic E-state index is 5.57. The second-order valence-corrected chi connectivity index (χ2v) is 4.33. The zero-order valence-corrected chi connectivity index (χ0v) is 9.92. The van der Waals surface area contributed by atoms with Gasteiger partial charge in [0.15, 0.2) is 0 Å². The van der Waals surface area contributed by atoms with Gasteiger partial charge in [0.2, 0.25) is 17.3 Å². The molecule has 2 aromatic heterocycles. The molecule has 2 aromatic rings. The molecule has 0 aliphatic heterocycles. The van der Waals surface area contributed by atoms with Gasteiger partial charge in [-0.25, -0.2) is 4.63 Å². The molecule has 8 nitrogen and oxygen atoms in total. The number of nitrogen functional groups attached to an aromatic ring is 1. The minimum absolute atomic E-state index is 0.128. The van der Waals surface area contributed by atoms with Crippen LogP contribution in [0.25, 0.3) is 11.6 Å². The van der Waals surface area contributed by atoms with Crippen LogP contribution in [0.3, 0.4) is 0 Å². The van der Waals surface area contributed by atoms with Crippen LogP contribution in [0.15, 0.2) is 9.15 Å². The van der Waals surface area contributed by atoms with E-state index >= 15 is 0 Å².